The molecule has 0 heterocycles. The second-order valence-electron chi connectivity index (χ2n) is 4.62. The molecule has 0 radical (unpaired) electrons. The molecule has 118 valence electrons. The van der Waals surface area contributed by atoms with Crippen LogP contribution >= 0.6 is 0 Å². The van der Waals surface area contributed by atoms with Crippen LogP contribution in [0.25, 0.3) is 6.08 Å². The van der Waals surface area contributed by atoms with E-state index in [2.05, 4.69) is 0 Å². The summed E-state index contributed by atoms with van der Waals surface area (Å²) in [7, 11) is 0. The molecule has 7 heteroatoms. The number of ketones is 1. The normalized spacial score (nSPS) is 11.6. The fraction of sp³-hybridized carbons (Fsp3) is 0.0625. The first kappa shape index (κ1) is 16.4. The van der Waals surface area contributed by atoms with Gasteiger partial charge in [0.15, 0.2) is 5.78 Å². The molecule has 0 aromatic heterocycles. The van der Waals surface area contributed by atoms with E-state index in [1.54, 1.807) is 0 Å². The highest BCUT2D eigenvalue weighted by atomic mass is 19.4. The zero-order valence-electron chi connectivity index (χ0n) is 11.6. The summed E-state index contributed by atoms with van der Waals surface area (Å²) in [5, 5.41) is 10.5. The third-order valence-corrected chi connectivity index (χ3v) is 3.01. The van der Waals surface area contributed by atoms with Crippen molar-refractivity contribution >= 4 is 17.5 Å². The first-order chi connectivity index (χ1) is 10.8. The third-order valence-electron chi connectivity index (χ3n) is 3.01. The van der Waals surface area contributed by atoms with Gasteiger partial charge in [0, 0.05) is 17.7 Å². The predicted octanol–water partition coefficient (Wildman–Crippen LogP) is 4.51. The molecule has 0 fully saturated rings. The second kappa shape index (κ2) is 6.43. The Labute approximate surface area is 129 Å². The van der Waals surface area contributed by atoms with E-state index in [1.807, 2.05) is 0 Å². The molecule has 0 aliphatic heterocycles. The summed E-state index contributed by atoms with van der Waals surface area (Å²) in [6, 6.07) is 9.54. The summed E-state index contributed by atoms with van der Waals surface area (Å²) in [4.78, 5) is 21.9. The standard InChI is InChI=1S/C16H10F3NO3/c17-16(18,19)13-3-1-2-12(10-13)15(21)9-6-11-4-7-14(8-5-11)20(22)23/h1-10H. The van der Waals surface area contributed by atoms with Gasteiger partial charge in [0.25, 0.3) is 5.69 Å². The summed E-state index contributed by atoms with van der Waals surface area (Å²) in [6.07, 6.45) is -2.01. The van der Waals surface area contributed by atoms with Crippen LogP contribution in [-0.4, -0.2) is 10.7 Å². The molecule has 2 aromatic carbocycles. The molecule has 0 saturated heterocycles. The van der Waals surface area contributed by atoms with Crippen molar-refractivity contribution in [2.24, 2.45) is 0 Å². The average molecular weight is 321 g/mol. The Kier molecular flexibility index (Phi) is 4.59. The smallest absolute Gasteiger partial charge is 0.289 e. The summed E-state index contributed by atoms with van der Waals surface area (Å²) < 4.78 is 37.8. The van der Waals surface area contributed by atoms with Crippen LogP contribution in [0.4, 0.5) is 18.9 Å². The third kappa shape index (κ3) is 4.26. The molecule has 0 atom stereocenters. The van der Waals surface area contributed by atoms with Gasteiger partial charge in [0.1, 0.15) is 0 Å². The van der Waals surface area contributed by atoms with E-state index in [-0.39, 0.29) is 11.3 Å². The highest BCUT2D eigenvalue weighted by molar-refractivity contribution is 6.06. The lowest BCUT2D eigenvalue weighted by atomic mass is 10.1. The average Bonchev–Trinajstić information content (AvgIpc) is 2.52. The summed E-state index contributed by atoms with van der Waals surface area (Å²) in [5.41, 5.74) is -0.549. The van der Waals surface area contributed by atoms with Crippen LogP contribution in [0.1, 0.15) is 21.5 Å². The number of carbonyl (C=O) groups is 1. The van der Waals surface area contributed by atoms with Gasteiger partial charge in [0.2, 0.25) is 0 Å². The van der Waals surface area contributed by atoms with E-state index in [9.17, 15) is 28.1 Å². The molecule has 0 unspecified atom stereocenters. The van der Waals surface area contributed by atoms with Gasteiger partial charge in [-0.05, 0) is 35.9 Å². The van der Waals surface area contributed by atoms with Gasteiger partial charge in [-0.15, -0.1) is 0 Å². The fourth-order valence-corrected chi connectivity index (χ4v) is 1.82. The monoisotopic (exact) mass is 321 g/mol. The lowest BCUT2D eigenvalue weighted by molar-refractivity contribution is -0.384. The van der Waals surface area contributed by atoms with Gasteiger partial charge >= 0.3 is 6.18 Å². The Morgan fingerprint density at radius 3 is 2.30 bits per heavy atom. The molecule has 0 bridgehead atoms. The van der Waals surface area contributed by atoms with Gasteiger partial charge in [-0.1, -0.05) is 18.2 Å². The van der Waals surface area contributed by atoms with Crippen LogP contribution in [0.5, 0.6) is 0 Å². The number of alkyl halides is 3. The molecular formula is C16H10F3NO3. The summed E-state index contributed by atoms with van der Waals surface area (Å²) in [5.74, 6) is -0.588. The number of hydrogen-bond acceptors (Lipinski definition) is 3. The van der Waals surface area contributed by atoms with Crippen molar-refractivity contribution in [3.63, 3.8) is 0 Å². The molecule has 0 N–H and O–H groups in total. The SMILES string of the molecule is O=C(C=Cc1ccc([N+](=O)[O-])cc1)c1cccc(C(F)(F)F)c1. The number of rotatable bonds is 4. The zero-order chi connectivity index (χ0) is 17.0. The van der Waals surface area contributed by atoms with Crippen molar-refractivity contribution < 1.29 is 22.9 Å². The number of hydrogen-bond donors (Lipinski definition) is 0. The molecule has 0 saturated carbocycles. The number of non-ortho nitro benzene ring substituents is 1. The van der Waals surface area contributed by atoms with E-state index in [4.69, 9.17) is 0 Å². The Morgan fingerprint density at radius 1 is 1.09 bits per heavy atom. The van der Waals surface area contributed by atoms with Crippen molar-refractivity contribution in [1.82, 2.24) is 0 Å². The molecule has 4 nitrogen and oxygen atoms in total. The molecule has 2 aromatic rings. The maximum Gasteiger partial charge on any atom is 0.416 e. The quantitative estimate of drug-likeness (QED) is 0.360. The molecule has 0 aliphatic carbocycles. The number of halogens is 3. The number of nitro benzene ring substituents is 1. The van der Waals surface area contributed by atoms with E-state index in [0.29, 0.717) is 5.56 Å². The number of carbonyl (C=O) groups excluding carboxylic acids is 1. The maximum absolute atomic E-state index is 12.6. The molecule has 2 rings (SSSR count). The van der Waals surface area contributed by atoms with Gasteiger partial charge in [-0.2, -0.15) is 13.2 Å². The molecule has 0 amide bonds. The Balaban J connectivity index is 2.17. The Morgan fingerprint density at radius 2 is 1.74 bits per heavy atom. The Bertz CT molecular complexity index is 765. The first-order valence-corrected chi connectivity index (χ1v) is 6.41. The van der Waals surface area contributed by atoms with Gasteiger partial charge in [-0.25, -0.2) is 0 Å². The van der Waals surface area contributed by atoms with Gasteiger partial charge in [-0.3, -0.25) is 14.9 Å². The van der Waals surface area contributed by atoms with Crippen LogP contribution < -0.4 is 0 Å². The zero-order valence-corrected chi connectivity index (χ0v) is 11.6. The van der Waals surface area contributed by atoms with E-state index in [0.717, 1.165) is 24.3 Å². The highest BCUT2D eigenvalue weighted by Crippen LogP contribution is 2.29. The second-order valence-corrected chi connectivity index (χ2v) is 4.62. The lowest BCUT2D eigenvalue weighted by Crippen LogP contribution is -2.06. The molecule has 0 spiro atoms. The fourth-order valence-electron chi connectivity index (χ4n) is 1.82. The van der Waals surface area contributed by atoms with Gasteiger partial charge < -0.3 is 0 Å². The van der Waals surface area contributed by atoms with Gasteiger partial charge in [0.05, 0.1) is 10.5 Å². The van der Waals surface area contributed by atoms with Crippen molar-refractivity contribution in [2.75, 3.05) is 0 Å². The van der Waals surface area contributed by atoms with Crippen molar-refractivity contribution in [3.05, 3.63) is 81.4 Å². The maximum atomic E-state index is 12.6. The first-order valence-electron chi connectivity index (χ1n) is 6.41. The topological polar surface area (TPSA) is 60.2 Å². The molecular weight excluding hydrogens is 311 g/mol. The summed E-state index contributed by atoms with van der Waals surface area (Å²) in [6.45, 7) is 0. The van der Waals surface area contributed by atoms with Crippen LogP contribution in [0, 0.1) is 10.1 Å². The Hall–Kier alpha value is -2.96. The minimum absolute atomic E-state index is 0.0852. The number of benzene rings is 2. The largest absolute Gasteiger partial charge is 0.416 e. The van der Waals surface area contributed by atoms with Crippen LogP contribution in [0.2, 0.25) is 0 Å². The van der Waals surface area contributed by atoms with Crippen molar-refractivity contribution in [2.45, 2.75) is 6.18 Å². The molecule has 23 heavy (non-hydrogen) atoms. The van der Waals surface area contributed by atoms with E-state index < -0.39 is 22.4 Å². The van der Waals surface area contributed by atoms with Crippen LogP contribution in [-0.2, 0) is 6.18 Å². The lowest BCUT2D eigenvalue weighted by Gasteiger charge is -2.07. The number of nitro groups is 1. The van der Waals surface area contributed by atoms with Crippen molar-refractivity contribution in [1.29, 1.82) is 0 Å². The van der Waals surface area contributed by atoms with Crippen LogP contribution in [0.15, 0.2) is 54.6 Å². The minimum atomic E-state index is -4.52. The van der Waals surface area contributed by atoms with Crippen molar-refractivity contribution in [3.8, 4) is 0 Å². The molecule has 0 aliphatic rings. The minimum Gasteiger partial charge on any atom is -0.289 e. The number of nitrogens with zero attached hydrogens (tertiary/aromatic N) is 1. The van der Waals surface area contributed by atoms with Crippen LogP contribution in [0.3, 0.4) is 0 Å². The summed E-state index contributed by atoms with van der Waals surface area (Å²) >= 11 is 0. The predicted molar refractivity (Wildman–Crippen MR) is 77.9 cm³/mol. The number of allylic oxidation sites excluding steroid dienone is 1. The highest BCUT2D eigenvalue weighted by Gasteiger charge is 2.30. The van der Waals surface area contributed by atoms with E-state index >= 15 is 0 Å². The van der Waals surface area contributed by atoms with E-state index in [1.165, 1.54) is 36.4 Å².